The van der Waals surface area contributed by atoms with Crippen molar-refractivity contribution in [3.8, 4) is 5.75 Å². The van der Waals surface area contributed by atoms with Crippen molar-refractivity contribution in [3.63, 3.8) is 0 Å². The summed E-state index contributed by atoms with van der Waals surface area (Å²) in [5.74, 6) is -3.07. The molecule has 0 bridgehead atoms. The molecule has 1 saturated heterocycles. The predicted octanol–water partition coefficient (Wildman–Crippen LogP) is 2.81. The Hall–Kier alpha value is -2.94. The number of benzene rings is 1. The standard InChI is InChI=1S/C21H20ClF2N3O4/c22-15-14(23)4-3-11(16(15)24)7-26-20(30)13-8-25-17(19(29)18(13)28)21(31)27-5-1-2-10-6-12(10)9-27/h3-4,8,10,12,29H,1-2,5-7,9H2,(H,25,28)(H,26,30). The Morgan fingerprint density at radius 1 is 1.29 bits per heavy atom. The summed E-state index contributed by atoms with van der Waals surface area (Å²) < 4.78 is 27.2. The van der Waals surface area contributed by atoms with Gasteiger partial charge in [0.05, 0.1) is 0 Å². The molecule has 31 heavy (non-hydrogen) atoms. The number of halogens is 3. The van der Waals surface area contributed by atoms with E-state index in [1.807, 2.05) is 0 Å². The van der Waals surface area contributed by atoms with Crippen LogP contribution in [0.3, 0.4) is 0 Å². The van der Waals surface area contributed by atoms with Gasteiger partial charge < -0.3 is 20.3 Å². The molecule has 2 unspecified atom stereocenters. The van der Waals surface area contributed by atoms with Gasteiger partial charge in [-0.2, -0.15) is 0 Å². The third-order valence-electron chi connectivity index (χ3n) is 5.88. The fraction of sp³-hybridized carbons (Fsp3) is 0.381. The number of hydrogen-bond donors (Lipinski definition) is 3. The van der Waals surface area contributed by atoms with Crippen molar-refractivity contribution in [2.24, 2.45) is 11.8 Å². The Kier molecular flexibility index (Phi) is 5.70. The molecule has 2 fully saturated rings. The Balaban J connectivity index is 1.49. The van der Waals surface area contributed by atoms with Gasteiger partial charge in [0.2, 0.25) is 5.43 Å². The van der Waals surface area contributed by atoms with Gasteiger partial charge in [-0.05, 0) is 37.2 Å². The van der Waals surface area contributed by atoms with Crippen LogP contribution in [0.1, 0.15) is 45.7 Å². The summed E-state index contributed by atoms with van der Waals surface area (Å²) in [6.07, 6.45) is 4.06. The van der Waals surface area contributed by atoms with E-state index >= 15 is 0 Å². The van der Waals surface area contributed by atoms with Crippen LogP contribution >= 0.6 is 11.6 Å². The molecule has 164 valence electrons. The lowest BCUT2D eigenvalue weighted by Crippen LogP contribution is -2.35. The largest absolute Gasteiger partial charge is 0.503 e. The zero-order valence-corrected chi connectivity index (χ0v) is 17.1. The van der Waals surface area contributed by atoms with E-state index in [2.05, 4.69) is 10.3 Å². The van der Waals surface area contributed by atoms with Crippen molar-refractivity contribution >= 4 is 23.4 Å². The van der Waals surface area contributed by atoms with E-state index < -0.39 is 45.2 Å². The van der Waals surface area contributed by atoms with Gasteiger partial charge in [-0.1, -0.05) is 17.7 Å². The van der Waals surface area contributed by atoms with E-state index in [0.717, 1.165) is 37.6 Å². The fourth-order valence-electron chi connectivity index (χ4n) is 3.97. The molecule has 2 aliphatic rings. The Morgan fingerprint density at radius 2 is 2.06 bits per heavy atom. The second-order valence-corrected chi connectivity index (χ2v) is 8.30. The normalized spacial score (nSPS) is 20.0. The monoisotopic (exact) mass is 451 g/mol. The summed E-state index contributed by atoms with van der Waals surface area (Å²) in [5, 5.41) is 11.9. The minimum Gasteiger partial charge on any atom is -0.503 e. The minimum absolute atomic E-state index is 0.0771. The number of aromatic nitrogens is 1. The molecule has 7 nitrogen and oxygen atoms in total. The average Bonchev–Trinajstić information content (AvgIpc) is 3.51. The Labute approximate surface area is 181 Å². The quantitative estimate of drug-likeness (QED) is 0.622. The summed E-state index contributed by atoms with van der Waals surface area (Å²) in [7, 11) is 0. The van der Waals surface area contributed by atoms with Crippen LogP contribution in [0.15, 0.2) is 23.1 Å². The minimum atomic E-state index is -1.02. The summed E-state index contributed by atoms with van der Waals surface area (Å²) in [5.41, 5.74) is -1.80. The van der Waals surface area contributed by atoms with Crippen molar-refractivity contribution in [3.05, 3.63) is 62.0 Å². The third kappa shape index (κ3) is 4.14. The van der Waals surface area contributed by atoms with Crippen LogP contribution in [0.4, 0.5) is 8.78 Å². The maximum absolute atomic E-state index is 14.0. The molecular formula is C21H20ClF2N3O4. The molecule has 10 heteroatoms. The van der Waals surface area contributed by atoms with Crippen LogP contribution in [0, 0.1) is 23.5 Å². The van der Waals surface area contributed by atoms with Crippen molar-refractivity contribution in [1.29, 1.82) is 0 Å². The van der Waals surface area contributed by atoms with Crippen LogP contribution < -0.4 is 10.7 Å². The first kappa shape index (κ1) is 21.3. The molecule has 1 saturated carbocycles. The topological polar surface area (TPSA) is 102 Å². The van der Waals surface area contributed by atoms with Crippen LogP contribution in [0.25, 0.3) is 0 Å². The number of pyridine rings is 1. The van der Waals surface area contributed by atoms with E-state index in [-0.39, 0.29) is 17.8 Å². The molecular weight excluding hydrogens is 432 g/mol. The second kappa shape index (κ2) is 8.30. The number of nitrogens with one attached hydrogen (secondary N) is 2. The highest BCUT2D eigenvalue weighted by Gasteiger charge is 2.41. The number of H-pyrrole nitrogens is 1. The SMILES string of the molecule is O=C(NCc1ccc(F)c(Cl)c1F)c1c[nH]c(C(=O)N2CCCC3CC3C2)c(O)c1=O. The molecule has 1 aliphatic carbocycles. The zero-order valence-electron chi connectivity index (χ0n) is 16.4. The molecule has 1 aromatic carbocycles. The van der Waals surface area contributed by atoms with Crippen molar-refractivity contribution in [2.45, 2.75) is 25.8 Å². The molecule has 3 N–H and O–H groups in total. The van der Waals surface area contributed by atoms with Gasteiger partial charge in [0.15, 0.2) is 11.4 Å². The lowest BCUT2D eigenvalue weighted by molar-refractivity contribution is 0.0742. The molecule has 2 aromatic rings. The first-order chi connectivity index (χ1) is 14.8. The van der Waals surface area contributed by atoms with Crippen LogP contribution in [0.5, 0.6) is 5.75 Å². The summed E-state index contributed by atoms with van der Waals surface area (Å²) in [6.45, 7) is 0.766. The number of likely N-dealkylation sites (tertiary alicyclic amines) is 1. The maximum Gasteiger partial charge on any atom is 0.274 e. The van der Waals surface area contributed by atoms with Crippen molar-refractivity contribution in [2.75, 3.05) is 13.1 Å². The number of hydrogen-bond acceptors (Lipinski definition) is 4. The highest BCUT2D eigenvalue weighted by Crippen LogP contribution is 2.44. The van der Waals surface area contributed by atoms with Gasteiger partial charge in [0.1, 0.15) is 22.2 Å². The summed E-state index contributed by atoms with van der Waals surface area (Å²) in [6, 6.07) is 2.07. The van der Waals surface area contributed by atoms with E-state index in [4.69, 9.17) is 11.6 Å². The first-order valence-electron chi connectivity index (χ1n) is 9.92. The lowest BCUT2D eigenvalue weighted by Gasteiger charge is -2.21. The highest BCUT2D eigenvalue weighted by atomic mass is 35.5. The van der Waals surface area contributed by atoms with Crippen LogP contribution in [-0.2, 0) is 6.54 Å². The van der Waals surface area contributed by atoms with Gasteiger partial charge in [-0.3, -0.25) is 14.4 Å². The number of carbonyl (C=O) groups is 2. The maximum atomic E-state index is 14.0. The smallest absolute Gasteiger partial charge is 0.274 e. The number of nitrogens with zero attached hydrogens (tertiary/aromatic N) is 1. The molecule has 2 amide bonds. The van der Waals surface area contributed by atoms with E-state index in [1.54, 1.807) is 4.90 Å². The number of rotatable bonds is 4. The molecule has 0 radical (unpaired) electrons. The molecule has 4 rings (SSSR count). The Morgan fingerprint density at radius 3 is 2.84 bits per heavy atom. The third-order valence-corrected chi connectivity index (χ3v) is 6.23. The predicted molar refractivity (Wildman–Crippen MR) is 108 cm³/mol. The number of carbonyl (C=O) groups excluding carboxylic acids is 2. The molecule has 2 atom stereocenters. The summed E-state index contributed by atoms with van der Waals surface area (Å²) in [4.78, 5) is 41.8. The van der Waals surface area contributed by atoms with Crippen LogP contribution in [0.2, 0.25) is 5.02 Å². The first-order valence-corrected chi connectivity index (χ1v) is 10.3. The lowest BCUT2D eigenvalue weighted by atomic mass is 10.1. The van der Waals surface area contributed by atoms with E-state index in [1.165, 1.54) is 0 Å². The van der Waals surface area contributed by atoms with Gasteiger partial charge in [0, 0.05) is 31.4 Å². The zero-order chi connectivity index (χ0) is 22.3. The molecule has 1 aliphatic heterocycles. The second-order valence-electron chi connectivity index (χ2n) is 7.92. The van der Waals surface area contributed by atoms with Gasteiger partial charge >= 0.3 is 0 Å². The fourth-order valence-corrected chi connectivity index (χ4v) is 4.16. The Bertz CT molecular complexity index is 1120. The van der Waals surface area contributed by atoms with Crippen molar-refractivity contribution in [1.82, 2.24) is 15.2 Å². The number of aromatic hydroxyl groups is 1. The van der Waals surface area contributed by atoms with E-state index in [0.29, 0.717) is 24.9 Å². The molecule has 2 heterocycles. The summed E-state index contributed by atoms with van der Waals surface area (Å²) >= 11 is 5.51. The van der Waals surface area contributed by atoms with E-state index in [9.17, 15) is 28.3 Å². The van der Waals surface area contributed by atoms with Gasteiger partial charge in [-0.25, -0.2) is 8.78 Å². The molecule has 1 aromatic heterocycles. The molecule has 0 spiro atoms. The average molecular weight is 452 g/mol. The highest BCUT2D eigenvalue weighted by molar-refractivity contribution is 6.30. The number of fused-ring (bicyclic) bond motifs is 1. The number of aromatic amines is 1. The van der Waals surface area contributed by atoms with Gasteiger partial charge in [0.25, 0.3) is 11.8 Å². The number of amides is 2. The van der Waals surface area contributed by atoms with Crippen LogP contribution in [-0.4, -0.2) is 39.9 Å². The van der Waals surface area contributed by atoms with Gasteiger partial charge in [-0.15, -0.1) is 0 Å². The van der Waals surface area contributed by atoms with Crippen molar-refractivity contribution < 1.29 is 23.5 Å².